The molecule has 3 heteroatoms. The van der Waals surface area contributed by atoms with Crippen molar-refractivity contribution in [1.82, 2.24) is 5.32 Å². The topological polar surface area (TPSA) is 21.3 Å². The van der Waals surface area contributed by atoms with Gasteiger partial charge in [0.25, 0.3) is 0 Å². The predicted octanol–water partition coefficient (Wildman–Crippen LogP) is 3.02. The molecule has 0 spiro atoms. The Balaban J connectivity index is 1.72. The van der Waals surface area contributed by atoms with E-state index in [1.165, 1.54) is 28.2 Å². The van der Waals surface area contributed by atoms with Crippen molar-refractivity contribution >= 4 is 11.3 Å². The van der Waals surface area contributed by atoms with Gasteiger partial charge in [0.2, 0.25) is 0 Å². The molecular weight excluding hydrogens is 218 g/mol. The van der Waals surface area contributed by atoms with E-state index in [1.54, 1.807) is 0 Å². The third-order valence-electron chi connectivity index (χ3n) is 3.21. The molecule has 90 valence electrons. The summed E-state index contributed by atoms with van der Waals surface area (Å²) in [6.07, 6.45) is 3.30. The van der Waals surface area contributed by atoms with Gasteiger partial charge in [-0.2, -0.15) is 0 Å². The summed E-state index contributed by atoms with van der Waals surface area (Å²) < 4.78 is 5.77. The van der Waals surface area contributed by atoms with E-state index < -0.39 is 0 Å². The molecule has 1 fully saturated rings. The van der Waals surface area contributed by atoms with Crippen LogP contribution in [-0.4, -0.2) is 18.8 Å². The monoisotopic (exact) mass is 239 g/mol. The fourth-order valence-corrected chi connectivity index (χ4v) is 3.15. The highest BCUT2D eigenvalue weighted by Gasteiger charge is 2.20. The van der Waals surface area contributed by atoms with E-state index in [-0.39, 0.29) is 0 Å². The maximum absolute atomic E-state index is 5.77. The van der Waals surface area contributed by atoms with Crippen molar-refractivity contribution in [3.63, 3.8) is 0 Å². The van der Waals surface area contributed by atoms with Crippen LogP contribution in [0.2, 0.25) is 0 Å². The lowest BCUT2D eigenvalue weighted by atomic mass is 10.2. The predicted molar refractivity (Wildman–Crippen MR) is 69.1 cm³/mol. The van der Waals surface area contributed by atoms with E-state index in [1.807, 2.05) is 11.3 Å². The summed E-state index contributed by atoms with van der Waals surface area (Å²) in [5.41, 5.74) is 1.41. The maximum Gasteiger partial charge on any atom is 0.0704 e. The summed E-state index contributed by atoms with van der Waals surface area (Å²) in [7, 11) is 0. The number of rotatable bonds is 4. The molecule has 0 radical (unpaired) electrons. The summed E-state index contributed by atoms with van der Waals surface area (Å²) in [4.78, 5) is 2.86. The first-order valence-corrected chi connectivity index (χ1v) is 6.89. The summed E-state index contributed by atoms with van der Waals surface area (Å²) >= 11 is 1.89. The van der Waals surface area contributed by atoms with Gasteiger partial charge in [-0.15, -0.1) is 11.3 Å². The van der Waals surface area contributed by atoms with E-state index in [0.717, 1.165) is 13.1 Å². The van der Waals surface area contributed by atoms with Crippen molar-refractivity contribution < 1.29 is 4.74 Å². The summed E-state index contributed by atoms with van der Waals surface area (Å²) in [5, 5.41) is 3.49. The van der Waals surface area contributed by atoms with Crippen molar-refractivity contribution in [2.24, 2.45) is 0 Å². The Morgan fingerprint density at radius 2 is 2.25 bits per heavy atom. The first-order chi connectivity index (χ1) is 7.65. The van der Waals surface area contributed by atoms with Crippen molar-refractivity contribution in [3.05, 3.63) is 21.4 Å². The molecule has 2 unspecified atom stereocenters. The quantitative estimate of drug-likeness (QED) is 0.872. The van der Waals surface area contributed by atoms with Crippen LogP contribution < -0.4 is 5.32 Å². The van der Waals surface area contributed by atoms with Gasteiger partial charge in [0.15, 0.2) is 0 Å². The lowest BCUT2D eigenvalue weighted by molar-refractivity contribution is 0.0559. The zero-order chi connectivity index (χ0) is 11.5. The van der Waals surface area contributed by atoms with Crippen molar-refractivity contribution in [1.29, 1.82) is 0 Å². The molecule has 1 aliphatic heterocycles. The minimum atomic E-state index is 0.428. The first kappa shape index (κ1) is 12.1. The van der Waals surface area contributed by atoms with Gasteiger partial charge in [0.05, 0.1) is 12.2 Å². The Bertz CT molecular complexity index is 328. The highest BCUT2D eigenvalue weighted by molar-refractivity contribution is 7.12. The van der Waals surface area contributed by atoms with Crippen molar-refractivity contribution in [2.75, 3.05) is 6.54 Å². The summed E-state index contributed by atoms with van der Waals surface area (Å²) in [6, 6.07) is 2.28. The number of aryl methyl sites for hydroxylation is 2. The lowest BCUT2D eigenvalue weighted by Gasteiger charge is -2.11. The van der Waals surface area contributed by atoms with Crippen LogP contribution in [0.15, 0.2) is 6.07 Å². The van der Waals surface area contributed by atoms with Gasteiger partial charge < -0.3 is 10.1 Å². The van der Waals surface area contributed by atoms with Gasteiger partial charge in [0, 0.05) is 22.8 Å². The van der Waals surface area contributed by atoms with Crippen molar-refractivity contribution in [3.8, 4) is 0 Å². The van der Waals surface area contributed by atoms with Gasteiger partial charge >= 0.3 is 0 Å². The molecule has 2 nitrogen and oxygen atoms in total. The van der Waals surface area contributed by atoms with Crippen molar-refractivity contribution in [2.45, 2.75) is 52.4 Å². The third-order valence-corrected chi connectivity index (χ3v) is 4.36. The Morgan fingerprint density at radius 1 is 1.44 bits per heavy atom. The zero-order valence-corrected chi connectivity index (χ0v) is 11.2. The maximum atomic E-state index is 5.77. The van der Waals surface area contributed by atoms with Gasteiger partial charge in [-0.05, 0) is 45.2 Å². The van der Waals surface area contributed by atoms with Gasteiger partial charge in [-0.3, -0.25) is 0 Å². The molecule has 1 N–H and O–H groups in total. The minimum absolute atomic E-state index is 0.428. The number of nitrogens with one attached hydrogen (secondary N) is 1. The van der Waals surface area contributed by atoms with Crippen LogP contribution in [0.3, 0.4) is 0 Å². The number of ether oxygens (including phenoxy) is 1. The average Bonchev–Trinajstić information content (AvgIpc) is 2.75. The van der Waals surface area contributed by atoms with Crippen LogP contribution >= 0.6 is 11.3 Å². The minimum Gasteiger partial charge on any atom is -0.374 e. The molecule has 1 saturated heterocycles. The van der Waals surface area contributed by atoms with Crippen LogP contribution in [0.25, 0.3) is 0 Å². The second-order valence-corrected chi connectivity index (χ2v) is 6.07. The van der Waals surface area contributed by atoms with E-state index in [9.17, 15) is 0 Å². The summed E-state index contributed by atoms with van der Waals surface area (Å²) in [6.45, 7) is 8.49. The first-order valence-electron chi connectivity index (χ1n) is 6.07. The Morgan fingerprint density at radius 3 is 2.81 bits per heavy atom. The fraction of sp³-hybridized carbons (Fsp3) is 0.692. The number of thiophene rings is 1. The van der Waals surface area contributed by atoms with Crippen LogP contribution in [0, 0.1) is 13.8 Å². The standard InChI is InChI=1S/C13H21NOS/c1-9-6-13(16-11(9)3)8-14-7-12-5-4-10(2)15-12/h6,10,12,14H,4-5,7-8H2,1-3H3. The molecule has 1 aromatic rings. The smallest absolute Gasteiger partial charge is 0.0704 e. The zero-order valence-electron chi connectivity index (χ0n) is 10.4. The van der Waals surface area contributed by atoms with E-state index in [0.29, 0.717) is 12.2 Å². The second kappa shape index (κ2) is 5.30. The highest BCUT2D eigenvalue weighted by Crippen LogP contribution is 2.21. The molecule has 1 aliphatic rings. The molecule has 0 aliphatic carbocycles. The Kier molecular flexibility index (Phi) is 4.00. The van der Waals surface area contributed by atoms with E-state index >= 15 is 0 Å². The normalized spacial score (nSPS) is 25.2. The molecule has 2 atom stereocenters. The molecule has 0 aromatic carbocycles. The largest absolute Gasteiger partial charge is 0.374 e. The SMILES string of the molecule is Cc1cc(CNCC2CCC(C)O2)sc1C. The van der Waals surface area contributed by atoms with Crippen LogP contribution in [0.4, 0.5) is 0 Å². The molecule has 0 amide bonds. The number of hydrogen-bond acceptors (Lipinski definition) is 3. The Hall–Kier alpha value is -0.380. The number of hydrogen-bond donors (Lipinski definition) is 1. The van der Waals surface area contributed by atoms with Crippen LogP contribution in [0.1, 0.15) is 35.1 Å². The molecule has 0 bridgehead atoms. The summed E-state index contributed by atoms with van der Waals surface area (Å²) in [5.74, 6) is 0. The fourth-order valence-electron chi connectivity index (χ4n) is 2.13. The molecule has 2 heterocycles. The molecule has 1 aromatic heterocycles. The van der Waals surface area contributed by atoms with Gasteiger partial charge in [-0.1, -0.05) is 0 Å². The van der Waals surface area contributed by atoms with Crippen LogP contribution in [-0.2, 0) is 11.3 Å². The van der Waals surface area contributed by atoms with E-state index in [4.69, 9.17) is 4.74 Å². The van der Waals surface area contributed by atoms with Gasteiger partial charge in [-0.25, -0.2) is 0 Å². The van der Waals surface area contributed by atoms with Gasteiger partial charge in [0.1, 0.15) is 0 Å². The molecule has 16 heavy (non-hydrogen) atoms. The molecule has 2 rings (SSSR count). The third kappa shape index (κ3) is 3.06. The molecular formula is C13H21NOS. The highest BCUT2D eigenvalue weighted by atomic mass is 32.1. The van der Waals surface area contributed by atoms with Crippen LogP contribution in [0.5, 0.6) is 0 Å². The average molecular weight is 239 g/mol. The Labute approximate surface area is 102 Å². The van der Waals surface area contributed by atoms with E-state index in [2.05, 4.69) is 32.2 Å². The molecule has 0 saturated carbocycles. The second-order valence-electron chi connectivity index (χ2n) is 4.73. The lowest BCUT2D eigenvalue weighted by Crippen LogP contribution is -2.26.